The fraction of sp³-hybridized carbons (Fsp3) is 0.125. The Morgan fingerprint density at radius 3 is 2.57 bits per heavy atom. The van der Waals surface area contributed by atoms with Gasteiger partial charge < -0.3 is 9.57 Å². The molecule has 106 valence electrons. The molecule has 21 heavy (non-hydrogen) atoms. The normalized spacial score (nSPS) is 13.0. The minimum absolute atomic E-state index is 0.263. The summed E-state index contributed by atoms with van der Waals surface area (Å²) >= 11 is 0. The summed E-state index contributed by atoms with van der Waals surface area (Å²) in [6.45, 7) is 1.53. The molecule has 0 saturated heterocycles. The van der Waals surface area contributed by atoms with Crippen molar-refractivity contribution in [3.8, 4) is 11.5 Å². The highest BCUT2D eigenvalue weighted by Crippen LogP contribution is 2.29. The molecule has 1 heterocycles. The molecule has 2 aromatic rings. The molecule has 2 aromatic carbocycles. The quantitative estimate of drug-likeness (QED) is 0.869. The van der Waals surface area contributed by atoms with Crippen LogP contribution in [0, 0.1) is 0 Å². The van der Waals surface area contributed by atoms with E-state index in [2.05, 4.69) is 0 Å². The number of hydrogen-bond donors (Lipinski definition) is 0. The van der Waals surface area contributed by atoms with Crippen LogP contribution >= 0.6 is 0 Å². The first-order chi connectivity index (χ1) is 10.1. The second-order valence-corrected chi connectivity index (χ2v) is 4.66. The molecule has 0 N–H and O–H groups in total. The van der Waals surface area contributed by atoms with Gasteiger partial charge in [0.25, 0.3) is 5.91 Å². The van der Waals surface area contributed by atoms with E-state index in [4.69, 9.17) is 9.57 Å². The van der Waals surface area contributed by atoms with Crippen LogP contribution in [0.3, 0.4) is 0 Å². The molecule has 1 aliphatic rings. The highest BCUT2D eigenvalue weighted by molar-refractivity contribution is 5.98. The monoisotopic (exact) mass is 283 g/mol. The van der Waals surface area contributed by atoms with Crippen molar-refractivity contribution in [3.05, 3.63) is 59.7 Å². The van der Waals surface area contributed by atoms with Crippen molar-refractivity contribution < 1.29 is 19.2 Å². The zero-order valence-corrected chi connectivity index (χ0v) is 11.4. The molecule has 0 unspecified atom stereocenters. The topological polar surface area (TPSA) is 55.8 Å². The van der Waals surface area contributed by atoms with Crippen LogP contribution in [-0.4, -0.2) is 16.9 Å². The second-order valence-electron chi connectivity index (χ2n) is 4.66. The standard InChI is InChI=1S/C16H13NO4/c1-11(18)21-17-10-12-7-8-14(9-15(12)16(17)19)20-13-5-3-2-4-6-13/h2-9H,10H2,1H3. The number of amides is 1. The van der Waals surface area contributed by atoms with Crippen LogP contribution in [0.15, 0.2) is 48.5 Å². The van der Waals surface area contributed by atoms with Crippen molar-refractivity contribution in [2.45, 2.75) is 13.5 Å². The van der Waals surface area contributed by atoms with E-state index >= 15 is 0 Å². The van der Waals surface area contributed by atoms with E-state index in [1.54, 1.807) is 18.2 Å². The van der Waals surface area contributed by atoms with Gasteiger partial charge in [-0.05, 0) is 29.8 Å². The van der Waals surface area contributed by atoms with Gasteiger partial charge in [0.2, 0.25) is 0 Å². The van der Waals surface area contributed by atoms with Crippen molar-refractivity contribution in [2.75, 3.05) is 0 Å². The molecule has 0 aromatic heterocycles. The smallest absolute Gasteiger partial charge is 0.329 e. The number of rotatable bonds is 3. The molecule has 3 rings (SSSR count). The average Bonchev–Trinajstić information content (AvgIpc) is 2.76. The van der Waals surface area contributed by atoms with Gasteiger partial charge in [-0.25, -0.2) is 0 Å². The molecule has 0 spiro atoms. The lowest BCUT2D eigenvalue weighted by molar-refractivity contribution is -0.175. The lowest BCUT2D eigenvalue weighted by Crippen LogP contribution is -2.26. The van der Waals surface area contributed by atoms with Crippen LogP contribution in [0.5, 0.6) is 11.5 Å². The van der Waals surface area contributed by atoms with E-state index in [9.17, 15) is 9.59 Å². The number of benzene rings is 2. The maximum absolute atomic E-state index is 12.1. The predicted molar refractivity (Wildman–Crippen MR) is 74.6 cm³/mol. The van der Waals surface area contributed by atoms with Crippen LogP contribution < -0.4 is 4.74 Å². The molecule has 0 radical (unpaired) electrons. The largest absolute Gasteiger partial charge is 0.457 e. The third-order valence-corrected chi connectivity index (χ3v) is 3.07. The molecule has 1 amide bonds. The van der Waals surface area contributed by atoms with Crippen LogP contribution in [0.4, 0.5) is 0 Å². The first-order valence-electron chi connectivity index (χ1n) is 6.50. The average molecular weight is 283 g/mol. The van der Waals surface area contributed by atoms with Crippen LogP contribution in [-0.2, 0) is 16.2 Å². The zero-order chi connectivity index (χ0) is 14.8. The second kappa shape index (κ2) is 5.28. The third-order valence-electron chi connectivity index (χ3n) is 3.07. The Kier molecular flexibility index (Phi) is 3.31. The van der Waals surface area contributed by atoms with E-state index in [0.29, 0.717) is 17.1 Å². The first kappa shape index (κ1) is 13.2. The molecule has 1 aliphatic heterocycles. The zero-order valence-electron chi connectivity index (χ0n) is 11.4. The molecule has 5 heteroatoms. The fourth-order valence-corrected chi connectivity index (χ4v) is 2.17. The number of hydroxylamine groups is 2. The fourth-order valence-electron chi connectivity index (χ4n) is 2.17. The highest BCUT2D eigenvalue weighted by atomic mass is 16.7. The summed E-state index contributed by atoms with van der Waals surface area (Å²) in [6.07, 6.45) is 0. The first-order valence-corrected chi connectivity index (χ1v) is 6.50. The van der Waals surface area contributed by atoms with E-state index < -0.39 is 5.97 Å². The maximum atomic E-state index is 12.1. The van der Waals surface area contributed by atoms with E-state index in [-0.39, 0.29) is 12.5 Å². The molecule has 0 fully saturated rings. The van der Waals surface area contributed by atoms with Crippen molar-refractivity contribution in [2.24, 2.45) is 0 Å². The van der Waals surface area contributed by atoms with E-state index in [1.165, 1.54) is 6.92 Å². The number of carbonyl (C=O) groups is 2. The van der Waals surface area contributed by atoms with E-state index in [0.717, 1.165) is 10.6 Å². The van der Waals surface area contributed by atoms with Gasteiger partial charge in [0.05, 0.1) is 12.1 Å². The minimum Gasteiger partial charge on any atom is -0.457 e. The predicted octanol–water partition coefficient (Wildman–Crippen LogP) is 2.91. The Morgan fingerprint density at radius 1 is 1.10 bits per heavy atom. The van der Waals surface area contributed by atoms with Crippen molar-refractivity contribution >= 4 is 11.9 Å². The molecule has 0 atom stereocenters. The summed E-state index contributed by atoms with van der Waals surface area (Å²) < 4.78 is 5.69. The van der Waals surface area contributed by atoms with Gasteiger partial charge >= 0.3 is 5.97 Å². The van der Waals surface area contributed by atoms with Crippen molar-refractivity contribution in [1.29, 1.82) is 0 Å². The Balaban J connectivity index is 1.82. The lowest BCUT2D eigenvalue weighted by atomic mass is 10.1. The molecular formula is C16H13NO4. The number of ether oxygens (including phenoxy) is 1. The number of para-hydroxylation sites is 1. The van der Waals surface area contributed by atoms with Gasteiger partial charge in [0.15, 0.2) is 0 Å². The SMILES string of the molecule is CC(=O)ON1Cc2ccc(Oc3ccccc3)cc2C1=O. The van der Waals surface area contributed by atoms with Gasteiger partial charge in [-0.1, -0.05) is 24.3 Å². The summed E-state index contributed by atoms with van der Waals surface area (Å²) in [5.74, 6) is 0.410. The number of nitrogens with zero attached hydrogens (tertiary/aromatic N) is 1. The van der Waals surface area contributed by atoms with Crippen LogP contribution in [0.2, 0.25) is 0 Å². The number of fused-ring (bicyclic) bond motifs is 1. The highest BCUT2D eigenvalue weighted by Gasteiger charge is 2.30. The molecule has 0 bridgehead atoms. The van der Waals surface area contributed by atoms with Gasteiger partial charge in [-0.15, -0.1) is 0 Å². The number of hydrogen-bond acceptors (Lipinski definition) is 4. The lowest BCUT2D eigenvalue weighted by Gasteiger charge is -2.12. The molecule has 0 saturated carbocycles. The summed E-state index contributed by atoms with van der Waals surface area (Å²) in [4.78, 5) is 28.0. The van der Waals surface area contributed by atoms with Crippen LogP contribution in [0.25, 0.3) is 0 Å². The van der Waals surface area contributed by atoms with Gasteiger partial charge in [-0.2, -0.15) is 5.06 Å². The molecule has 5 nitrogen and oxygen atoms in total. The van der Waals surface area contributed by atoms with E-state index in [1.807, 2.05) is 30.3 Å². The summed E-state index contributed by atoms with van der Waals surface area (Å²) in [5, 5.41) is 1.05. The Hall–Kier alpha value is -2.82. The van der Waals surface area contributed by atoms with Crippen LogP contribution in [0.1, 0.15) is 22.8 Å². The summed E-state index contributed by atoms with van der Waals surface area (Å²) in [5.41, 5.74) is 1.30. The van der Waals surface area contributed by atoms with Gasteiger partial charge in [0, 0.05) is 6.92 Å². The summed E-state index contributed by atoms with van der Waals surface area (Å²) in [7, 11) is 0. The molecular weight excluding hydrogens is 270 g/mol. The Bertz CT molecular complexity index is 697. The van der Waals surface area contributed by atoms with Crippen molar-refractivity contribution in [1.82, 2.24) is 5.06 Å². The summed E-state index contributed by atoms with van der Waals surface area (Å²) in [6, 6.07) is 14.6. The van der Waals surface area contributed by atoms with Gasteiger partial charge in [0.1, 0.15) is 11.5 Å². The Labute approximate surface area is 121 Å². The number of carbonyl (C=O) groups excluding carboxylic acids is 2. The van der Waals surface area contributed by atoms with Crippen molar-refractivity contribution in [3.63, 3.8) is 0 Å². The van der Waals surface area contributed by atoms with Gasteiger partial charge in [-0.3, -0.25) is 9.59 Å². The third kappa shape index (κ3) is 2.72. The maximum Gasteiger partial charge on any atom is 0.329 e. The Morgan fingerprint density at radius 2 is 1.86 bits per heavy atom. The molecule has 0 aliphatic carbocycles. The minimum atomic E-state index is -0.517.